The molecular weight excluding hydrogens is 1740 g/mol. The van der Waals surface area contributed by atoms with E-state index >= 15 is 9.59 Å². The highest BCUT2D eigenvalue weighted by Gasteiger charge is 2.33. The van der Waals surface area contributed by atoms with Gasteiger partial charge in [0.25, 0.3) is 0 Å². The molecule has 30 nitrogen and oxygen atoms in total. The smallest absolute Gasteiger partial charge is 0.243 e. The van der Waals surface area contributed by atoms with Crippen LogP contribution in [0.25, 0.3) is 0 Å². The molecule has 0 fully saturated rings. The van der Waals surface area contributed by atoms with E-state index in [0.29, 0.717) is 129 Å². The van der Waals surface area contributed by atoms with Crippen molar-refractivity contribution in [3.63, 3.8) is 0 Å². The average Bonchev–Trinajstić information content (AvgIpc) is 0.829. The molecule has 13 unspecified atom stereocenters. The first-order valence-corrected chi connectivity index (χ1v) is 53.3. The van der Waals surface area contributed by atoms with Gasteiger partial charge in [0.15, 0.2) is 0 Å². The van der Waals surface area contributed by atoms with Gasteiger partial charge in [0, 0.05) is 95.2 Å². The maximum atomic E-state index is 15.4. The number of benzene rings is 2. The van der Waals surface area contributed by atoms with Crippen molar-refractivity contribution in [2.45, 2.75) is 434 Å². The molecule has 2 aromatic carbocycles. The van der Waals surface area contributed by atoms with Gasteiger partial charge in [-0.1, -0.05) is 259 Å². The summed E-state index contributed by atoms with van der Waals surface area (Å²) in [6.45, 7) is 28.3. The molecule has 0 aliphatic carbocycles. The highest BCUT2D eigenvalue weighted by atomic mass is 16.2. The molecule has 30 heteroatoms. The Labute approximate surface area is 823 Å². The van der Waals surface area contributed by atoms with Crippen LogP contribution >= 0.6 is 0 Å². The lowest BCUT2D eigenvalue weighted by Crippen LogP contribution is -2.57. The second-order valence-corrected chi connectivity index (χ2v) is 38.5. The van der Waals surface area contributed by atoms with E-state index in [2.05, 4.69) is 121 Å². The van der Waals surface area contributed by atoms with Crippen LogP contribution in [0.5, 0.6) is 0 Å². The summed E-state index contributed by atoms with van der Waals surface area (Å²) in [6, 6.07) is 11.1. The number of carbonyl (C=O) groups excluding carboxylic acids is 15. The van der Waals surface area contributed by atoms with Gasteiger partial charge < -0.3 is 79.8 Å². The molecule has 0 aliphatic heterocycles. The van der Waals surface area contributed by atoms with E-state index in [0.717, 1.165) is 146 Å². The zero-order valence-corrected chi connectivity index (χ0v) is 86.7. The van der Waals surface area contributed by atoms with Gasteiger partial charge in [0.2, 0.25) is 88.6 Å². The molecule has 0 saturated carbocycles. The quantitative estimate of drug-likeness (QED) is 0.0274. The summed E-state index contributed by atoms with van der Waals surface area (Å²) in [5.41, 5.74) is 1.67. The van der Waals surface area contributed by atoms with Gasteiger partial charge in [0.1, 0.15) is 42.3 Å². The summed E-state index contributed by atoms with van der Waals surface area (Å²) in [6.07, 6.45) is 29.0. The molecule has 2 rings (SSSR count). The van der Waals surface area contributed by atoms with Crippen LogP contribution in [-0.2, 0) is 71.9 Å². The van der Waals surface area contributed by atoms with Crippen LogP contribution in [0.4, 0.5) is 0 Å². The molecule has 15 N–H and O–H groups in total. The Bertz CT molecular complexity index is 3710. The fraction of sp³-hybridized carbons (Fsp3) is 0.748. The zero-order valence-electron chi connectivity index (χ0n) is 86.7. The minimum Gasteiger partial charge on any atom is -0.356 e. The van der Waals surface area contributed by atoms with E-state index in [9.17, 15) is 62.3 Å². The van der Waals surface area contributed by atoms with Crippen molar-refractivity contribution >= 4 is 88.6 Å². The minimum atomic E-state index is -1.32. The van der Waals surface area contributed by atoms with Crippen LogP contribution in [-0.4, -0.2) is 177 Å². The Morgan fingerprint density at radius 3 is 0.569 bits per heavy atom. The molecule has 0 saturated heterocycles. The number of unbranched alkanes of at least 4 members (excludes halogenated alkanes) is 19. The van der Waals surface area contributed by atoms with Crippen molar-refractivity contribution in [2.24, 2.45) is 35.5 Å². The van der Waals surface area contributed by atoms with Gasteiger partial charge in [-0.2, -0.15) is 0 Å². The first kappa shape index (κ1) is 124. The SMILES string of the molecule is CCCCCC(C)C(=O)NCCCCC(NC(=O)C(C)CCCCC)C(=O)NCCCCC(NC(C)=O)C(=O)NCCCCC(NC(=O)C(CCCCNC(=O)C(CCCCNC(=O)C(C)CCCCC)NC(=O)C(C)CCCCC)NC(=O)C(CCCCNC(=O)C(C)CCCCC)NC(=O)C(C)CCCCC)C(=O)NCCCCC(NC(C)=O)C(=O)NC(c1ccccc1)c1ccccc1. The van der Waals surface area contributed by atoms with E-state index in [1.807, 2.05) is 102 Å². The zero-order chi connectivity index (χ0) is 101. The molecule has 0 aromatic heterocycles. The number of hydrogen-bond donors (Lipinski definition) is 15. The first-order valence-electron chi connectivity index (χ1n) is 53.3. The Morgan fingerprint density at radius 2 is 0.358 bits per heavy atom. The third-order valence-corrected chi connectivity index (χ3v) is 25.8. The van der Waals surface area contributed by atoms with Gasteiger partial charge in [-0.3, -0.25) is 71.9 Å². The van der Waals surface area contributed by atoms with E-state index < -0.39 is 102 Å². The van der Waals surface area contributed by atoms with Crippen LogP contribution in [0, 0.1) is 35.5 Å². The maximum absolute atomic E-state index is 15.4. The standard InChI is InChI=1S/C107H185N15O15/c1-15-21-29-53-77(7)95(125)108-70-46-40-64-88(117-98(128)80(10)56-32-24-18-4)102(132)112-74-49-39-63-87(115-83(13)123)101(131)111-73-50-42-66-90(104(134)114-75-51-43-67-91(116-84(14)124)107(137)122-94(85-59-35-27-36-60-85)86-61-37-28-38-62-86)120-106(136)93(121-105(135)92(119-100(130)82(12)58-34-26-20-6)68-44-48-72-110-97(127)79(9)55-31-23-17-3)69-45-52-76-113-103(133)89(118-99(129)81(11)57-33-25-19-5)65-41-47-71-109-96(126)78(8)54-30-22-16-2/h27-28,35-38,59-62,77-82,87-94H,15-26,29-34,39-58,63-76H2,1-14H3,(H,108,125)(H,109,126)(H,110,127)(H,111,131)(H,112,132)(H,113,133)(H,114,134)(H,115,123)(H,116,124)(H,117,128)(H,118,129)(H,119,130)(H,120,136)(H,121,135)(H,122,137). The lowest BCUT2D eigenvalue weighted by molar-refractivity contribution is -0.134. The van der Waals surface area contributed by atoms with Gasteiger partial charge in [0.05, 0.1) is 6.04 Å². The van der Waals surface area contributed by atoms with Crippen LogP contribution in [0.15, 0.2) is 60.7 Å². The topological polar surface area (TPSA) is 436 Å². The highest BCUT2D eigenvalue weighted by Crippen LogP contribution is 2.24. The second-order valence-electron chi connectivity index (χ2n) is 38.5. The van der Waals surface area contributed by atoms with Crippen LogP contribution in [0.2, 0.25) is 0 Å². The molecule has 0 heterocycles. The highest BCUT2D eigenvalue weighted by molar-refractivity contribution is 5.95. The molecular formula is C107H185N15O15. The van der Waals surface area contributed by atoms with Gasteiger partial charge in [-0.05, 0) is 184 Å². The minimum absolute atomic E-state index is 0.00499. The third kappa shape index (κ3) is 57.6. The van der Waals surface area contributed by atoms with Crippen molar-refractivity contribution in [1.82, 2.24) is 79.8 Å². The molecule has 13 atom stereocenters. The van der Waals surface area contributed by atoms with Gasteiger partial charge in [-0.15, -0.1) is 0 Å². The number of amides is 15. The van der Waals surface area contributed by atoms with E-state index in [-0.39, 0.29) is 142 Å². The Hall–Kier alpha value is -9.51. The number of carbonyl (C=O) groups is 15. The molecule has 0 spiro atoms. The molecule has 0 radical (unpaired) electrons. The summed E-state index contributed by atoms with van der Waals surface area (Å²) >= 11 is 0. The maximum Gasteiger partial charge on any atom is 0.243 e. The van der Waals surface area contributed by atoms with Gasteiger partial charge in [-0.25, -0.2) is 0 Å². The number of nitrogens with one attached hydrogen (secondary N) is 15. The molecule has 778 valence electrons. The monoisotopic (exact) mass is 1920 g/mol. The molecule has 15 amide bonds. The summed E-state index contributed by atoms with van der Waals surface area (Å²) in [7, 11) is 0. The van der Waals surface area contributed by atoms with Crippen LogP contribution in [0.1, 0.15) is 403 Å². The first-order chi connectivity index (χ1) is 65.9. The lowest BCUT2D eigenvalue weighted by Gasteiger charge is -2.26. The average molecular weight is 1920 g/mol. The van der Waals surface area contributed by atoms with Gasteiger partial charge >= 0.3 is 0 Å². The van der Waals surface area contributed by atoms with Crippen molar-refractivity contribution in [1.29, 1.82) is 0 Å². The third-order valence-electron chi connectivity index (χ3n) is 25.8. The summed E-state index contributed by atoms with van der Waals surface area (Å²) < 4.78 is 0. The number of rotatable bonds is 82. The van der Waals surface area contributed by atoms with E-state index in [4.69, 9.17) is 0 Å². The molecule has 0 aliphatic rings. The predicted molar refractivity (Wildman–Crippen MR) is 546 cm³/mol. The Kier molecular flexibility index (Phi) is 69.7. The fourth-order valence-corrected chi connectivity index (χ4v) is 16.6. The normalized spacial score (nSPS) is 14.1. The number of hydrogen-bond acceptors (Lipinski definition) is 15. The summed E-state index contributed by atoms with van der Waals surface area (Å²) in [5.74, 6) is -6.75. The largest absolute Gasteiger partial charge is 0.356 e. The Balaban J connectivity index is 2.63. The van der Waals surface area contributed by atoms with E-state index in [1.54, 1.807) is 0 Å². The van der Waals surface area contributed by atoms with Crippen molar-refractivity contribution < 1.29 is 71.9 Å². The van der Waals surface area contributed by atoms with E-state index in [1.165, 1.54) is 13.8 Å². The van der Waals surface area contributed by atoms with Crippen LogP contribution in [0.3, 0.4) is 0 Å². The summed E-state index contributed by atoms with van der Waals surface area (Å²) in [5, 5.41) is 44.7. The molecule has 2 aromatic rings. The van der Waals surface area contributed by atoms with Crippen LogP contribution < -0.4 is 79.8 Å². The second kappa shape index (κ2) is 77.3. The van der Waals surface area contributed by atoms with Crippen molar-refractivity contribution in [3.05, 3.63) is 71.8 Å². The van der Waals surface area contributed by atoms with Crippen molar-refractivity contribution in [2.75, 3.05) is 45.8 Å². The van der Waals surface area contributed by atoms with Crippen molar-refractivity contribution in [3.8, 4) is 0 Å². The fourth-order valence-electron chi connectivity index (χ4n) is 16.6. The molecule has 137 heavy (non-hydrogen) atoms. The predicted octanol–water partition coefficient (Wildman–Crippen LogP) is 14.6. The summed E-state index contributed by atoms with van der Waals surface area (Å²) in [4.78, 5) is 208. The Morgan fingerprint density at radius 1 is 0.190 bits per heavy atom. The lowest BCUT2D eigenvalue weighted by atomic mass is 9.98. The molecule has 0 bridgehead atoms.